The van der Waals surface area contributed by atoms with Gasteiger partial charge in [0.2, 0.25) is 0 Å². The number of aliphatic hydroxyl groups is 1. The Morgan fingerprint density at radius 3 is 2.83 bits per heavy atom. The quantitative estimate of drug-likeness (QED) is 0.890. The van der Waals surface area contributed by atoms with Gasteiger partial charge in [-0.2, -0.15) is 0 Å². The predicted octanol–water partition coefficient (Wildman–Crippen LogP) is 3.19. The highest BCUT2D eigenvalue weighted by atomic mass is 16.5. The van der Waals surface area contributed by atoms with Crippen molar-refractivity contribution in [2.75, 3.05) is 13.7 Å². The topological polar surface area (TPSA) is 50.7 Å². The number of hydrogen-bond donors (Lipinski definition) is 2. The van der Waals surface area contributed by atoms with Crippen LogP contribution < -0.4 is 14.8 Å². The summed E-state index contributed by atoms with van der Waals surface area (Å²) in [6.07, 6.45) is 2.04. The summed E-state index contributed by atoms with van der Waals surface area (Å²) in [5.74, 6) is 1.71. The van der Waals surface area contributed by atoms with Crippen molar-refractivity contribution < 1.29 is 14.6 Å². The van der Waals surface area contributed by atoms with Crippen LogP contribution in [-0.4, -0.2) is 18.8 Å². The molecule has 2 aromatic carbocycles. The first-order valence-electron chi connectivity index (χ1n) is 8.03. The van der Waals surface area contributed by atoms with E-state index in [2.05, 4.69) is 17.4 Å². The molecule has 4 heteroatoms. The number of rotatable bonds is 5. The zero-order valence-corrected chi connectivity index (χ0v) is 13.4. The maximum Gasteiger partial charge on any atom is 0.127 e. The summed E-state index contributed by atoms with van der Waals surface area (Å²) in [6, 6.07) is 14.2. The van der Waals surface area contributed by atoms with Crippen molar-refractivity contribution in [3.63, 3.8) is 0 Å². The standard InChI is InChI=1S/C19H23NO3/c1-22-16-8-9-17-18(7-4-10-23-19(17)11-16)20-12-14-5-2-3-6-15(14)13-21/h2-3,5-6,8-9,11,18,20-21H,4,7,10,12-13H2,1H3/t18-/m0/s1. The number of nitrogens with one attached hydrogen (secondary N) is 1. The monoisotopic (exact) mass is 313 g/mol. The first-order chi connectivity index (χ1) is 11.3. The molecule has 0 aliphatic carbocycles. The van der Waals surface area contributed by atoms with Gasteiger partial charge in [0, 0.05) is 24.2 Å². The molecule has 2 N–H and O–H groups in total. The maximum absolute atomic E-state index is 9.45. The van der Waals surface area contributed by atoms with Gasteiger partial charge in [0.15, 0.2) is 0 Å². The molecule has 1 atom stereocenters. The lowest BCUT2D eigenvalue weighted by atomic mass is 10.0. The average molecular weight is 313 g/mol. The Bertz CT molecular complexity index is 657. The Kier molecular flexibility index (Phi) is 5.16. The Balaban J connectivity index is 1.78. The van der Waals surface area contributed by atoms with E-state index in [9.17, 15) is 5.11 Å². The van der Waals surface area contributed by atoms with Crippen molar-refractivity contribution in [3.05, 3.63) is 59.2 Å². The summed E-state index contributed by atoms with van der Waals surface area (Å²) in [4.78, 5) is 0. The van der Waals surface area contributed by atoms with Crippen LogP contribution in [0.25, 0.3) is 0 Å². The van der Waals surface area contributed by atoms with E-state index in [4.69, 9.17) is 9.47 Å². The summed E-state index contributed by atoms with van der Waals surface area (Å²) < 4.78 is 11.1. The fourth-order valence-electron chi connectivity index (χ4n) is 3.01. The lowest BCUT2D eigenvalue weighted by Gasteiger charge is -2.20. The first kappa shape index (κ1) is 15.8. The Morgan fingerprint density at radius 1 is 1.22 bits per heavy atom. The number of ether oxygens (including phenoxy) is 2. The van der Waals surface area contributed by atoms with Crippen LogP contribution in [0.5, 0.6) is 11.5 Å². The molecule has 0 bridgehead atoms. The molecule has 4 nitrogen and oxygen atoms in total. The third-order valence-electron chi connectivity index (χ3n) is 4.32. The van der Waals surface area contributed by atoms with Crippen molar-refractivity contribution in [2.45, 2.75) is 32.0 Å². The van der Waals surface area contributed by atoms with E-state index in [1.54, 1.807) is 7.11 Å². The van der Waals surface area contributed by atoms with Crippen molar-refractivity contribution in [1.82, 2.24) is 5.32 Å². The average Bonchev–Trinajstić information content (AvgIpc) is 2.81. The zero-order chi connectivity index (χ0) is 16.1. The van der Waals surface area contributed by atoms with E-state index in [-0.39, 0.29) is 12.6 Å². The molecule has 1 aliphatic heterocycles. The van der Waals surface area contributed by atoms with E-state index < -0.39 is 0 Å². The minimum atomic E-state index is 0.0689. The number of fused-ring (bicyclic) bond motifs is 1. The van der Waals surface area contributed by atoms with Gasteiger partial charge in [-0.1, -0.05) is 30.3 Å². The minimum absolute atomic E-state index is 0.0689. The van der Waals surface area contributed by atoms with Gasteiger partial charge < -0.3 is 19.9 Å². The number of aliphatic hydroxyl groups excluding tert-OH is 1. The number of hydrogen-bond acceptors (Lipinski definition) is 4. The van der Waals surface area contributed by atoms with Gasteiger partial charge in [0.05, 0.1) is 20.3 Å². The summed E-state index contributed by atoms with van der Waals surface area (Å²) in [5, 5.41) is 13.1. The summed E-state index contributed by atoms with van der Waals surface area (Å²) in [5.41, 5.74) is 3.28. The smallest absolute Gasteiger partial charge is 0.127 e. The number of methoxy groups -OCH3 is 1. The van der Waals surface area contributed by atoms with Gasteiger partial charge in [-0.25, -0.2) is 0 Å². The van der Waals surface area contributed by atoms with Crippen LogP contribution in [0.3, 0.4) is 0 Å². The molecule has 1 aliphatic rings. The van der Waals surface area contributed by atoms with Crippen LogP contribution in [0, 0.1) is 0 Å². The molecule has 23 heavy (non-hydrogen) atoms. The molecule has 0 amide bonds. The van der Waals surface area contributed by atoms with Gasteiger partial charge in [-0.15, -0.1) is 0 Å². The fourth-order valence-corrected chi connectivity index (χ4v) is 3.01. The molecule has 2 aromatic rings. The molecular formula is C19H23NO3. The Morgan fingerprint density at radius 2 is 2.04 bits per heavy atom. The van der Waals surface area contributed by atoms with Gasteiger partial charge >= 0.3 is 0 Å². The van der Waals surface area contributed by atoms with E-state index in [1.807, 2.05) is 30.3 Å². The summed E-state index contributed by atoms with van der Waals surface area (Å²) >= 11 is 0. The minimum Gasteiger partial charge on any atom is -0.497 e. The second kappa shape index (κ2) is 7.49. The molecule has 0 aromatic heterocycles. The van der Waals surface area contributed by atoms with E-state index >= 15 is 0 Å². The third-order valence-corrected chi connectivity index (χ3v) is 4.32. The van der Waals surface area contributed by atoms with Gasteiger partial charge in [0.1, 0.15) is 11.5 Å². The molecule has 0 fully saturated rings. The normalized spacial score (nSPS) is 17.0. The van der Waals surface area contributed by atoms with Crippen molar-refractivity contribution in [2.24, 2.45) is 0 Å². The van der Waals surface area contributed by atoms with E-state index in [1.165, 1.54) is 5.56 Å². The molecule has 0 radical (unpaired) electrons. The molecule has 122 valence electrons. The van der Waals surface area contributed by atoms with Crippen LogP contribution in [0.15, 0.2) is 42.5 Å². The highest BCUT2D eigenvalue weighted by molar-refractivity contribution is 5.43. The molecule has 0 saturated carbocycles. The van der Waals surface area contributed by atoms with Crippen LogP contribution >= 0.6 is 0 Å². The van der Waals surface area contributed by atoms with Crippen LogP contribution in [0.2, 0.25) is 0 Å². The van der Waals surface area contributed by atoms with Gasteiger partial charge in [-0.05, 0) is 30.0 Å². The highest BCUT2D eigenvalue weighted by Gasteiger charge is 2.20. The van der Waals surface area contributed by atoms with Gasteiger partial charge in [-0.3, -0.25) is 0 Å². The van der Waals surface area contributed by atoms with Crippen molar-refractivity contribution in [1.29, 1.82) is 0 Å². The molecule has 3 rings (SSSR count). The molecule has 0 unspecified atom stereocenters. The third kappa shape index (κ3) is 3.66. The second-order valence-corrected chi connectivity index (χ2v) is 5.75. The van der Waals surface area contributed by atoms with Crippen LogP contribution in [-0.2, 0) is 13.2 Å². The Hall–Kier alpha value is -2.04. The van der Waals surface area contributed by atoms with E-state index in [0.29, 0.717) is 0 Å². The second-order valence-electron chi connectivity index (χ2n) is 5.75. The van der Waals surface area contributed by atoms with E-state index in [0.717, 1.165) is 48.6 Å². The first-order valence-corrected chi connectivity index (χ1v) is 8.03. The summed E-state index contributed by atoms with van der Waals surface area (Å²) in [7, 11) is 1.67. The fraction of sp³-hybridized carbons (Fsp3) is 0.368. The summed E-state index contributed by atoms with van der Waals surface area (Å²) in [6.45, 7) is 1.53. The van der Waals surface area contributed by atoms with Crippen LogP contribution in [0.1, 0.15) is 35.6 Å². The SMILES string of the molecule is COc1ccc2c(c1)OCCC[C@@H]2NCc1ccccc1CO. The predicted molar refractivity (Wildman–Crippen MR) is 89.7 cm³/mol. The van der Waals surface area contributed by atoms with Gasteiger partial charge in [0.25, 0.3) is 0 Å². The Labute approximate surface area is 137 Å². The zero-order valence-electron chi connectivity index (χ0n) is 13.4. The highest BCUT2D eigenvalue weighted by Crippen LogP contribution is 2.34. The van der Waals surface area contributed by atoms with Crippen LogP contribution in [0.4, 0.5) is 0 Å². The maximum atomic E-state index is 9.45. The molecule has 1 heterocycles. The lowest BCUT2D eigenvalue weighted by molar-refractivity contribution is 0.280. The largest absolute Gasteiger partial charge is 0.497 e. The number of benzene rings is 2. The van der Waals surface area contributed by atoms with Crippen molar-refractivity contribution >= 4 is 0 Å². The molecule has 0 spiro atoms. The molecular weight excluding hydrogens is 290 g/mol. The van der Waals surface area contributed by atoms with Crippen molar-refractivity contribution in [3.8, 4) is 11.5 Å². The molecule has 0 saturated heterocycles. The lowest BCUT2D eigenvalue weighted by Crippen LogP contribution is -2.21.